The highest BCUT2D eigenvalue weighted by atomic mass is 35.5. The van der Waals surface area contributed by atoms with E-state index in [4.69, 9.17) is 5.73 Å². The van der Waals surface area contributed by atoms with Crippen molar-refractivity contribution in [2.24, 2.45) is 11.7 Å². The molecular weight excluding hydrogens is 260 g/mol. The number of nitrogens with two attached hydrogens (primary N) is 1. The normalized spacial score (nSPS) is 17.2. The molecule has 1 aliphatic rings. The van der Waals surface area contributed by atoms with Gasteiger partial charge in [0.2, 0.25) is 5.91 Å². The monoisotopic (exact) mass is 282 g/mol. The molecular formula is C15H23ClN2O. The van der Waals surface area contributed by atoms with Crippen molar-refractivity contribution in [2.75, 3.05) is 6.54 Å². The van der Waals surface area contributed by atoms with Crippen LogP contribution in [0.3, 0.4) is 0 Å². The Hall–Kier alpha value is -1.06. The van der Waals surface area contributed by atoms with Gasteiger partial charge in [-0.1, -0.05) is 24.3 Å². The summed E-state index contributed by atoms with van der Waals surface area (Å²) in [6, 6.07) is 8.00. The molecule has 0 aromatic heterocycles. The van der Waals surface area contributed by atoms with E-state index in [0.717, 1.165) is 11.1 Å². The predicted molar refractivity (Wildman–Crippen MR) is 80.5 cm³/mol. The standard InChI is InChI=1S/C15H22N2O.ClH/c1-11-5-3-4-6-12(11)9-14(18)17-15(2,10-16)13-7-8-13;/h3-6,13H,7-10,16H2,1-2H3,(H,17,18);1H. The molecule has 106 valence electrons. The van der Waals surface area contributed by atoms with Crippen molar-refractivity contribution >= 4 is 18.3 Å². The Morgan fingerprint density at radius 1 is 1.42 bits per heavy atom. The van der Waals surface area contributed by atoms with E-state index in [2.05, 4.69) is 12.2 Å². The van der Waals surface area contributed by atoms with Crippen molar-refractivity contribution in [3.05, 3.63) is 35.4 Å². The summed E-state index contributed by atoms with van der Waals surface area (Å²) in [6.45, 7) is 4.60. The van der Waals surface area contributed by atoms with Gasteiger partial charge in [-0.15, -0.1) is 12.4 Å². The summed E-state index contributed by atoms with van der Waals surface area (Å²) < 4.78 is 0. The van der Waals surface area contributed by atoms with Crippen molar-refractivity contribution in [1.82, 2.24) is 5.32 Å². The van der Waals surface area contributed by atoms with E-state index in [1.165, 1.54) is 12.8 Å². The van der Waals surface area contributed by atoms with E-state index < -0.39 is 0 Å². The molecule has 19 heavy (non-hydrogen) atoms. The minimum Gasteiger partial charge on any atom is -0.349 e. The second kappa shape index (κ2) is 6.40. The van der Waals surface area contributed by atoms with Gasteiger partial charge in [0.05, 0.1) is 12.0 Å². The zero-order valence-electron chi connectivity index (χ0n) is 11.6. The number of benzene rings is 1. The zero-order chi connectivity index (χ0) is 13.2. The third-order valence-electron chi connectivity index (χ3n) is 3.94. The second-order valence-electron chi connectivity index (χ2n) is 5.55. The number of aryl methyl sites for hydroxylation is 1. The first-order valence-electron chi connectivity index (χ1n) is 6.61. The number of carbonyl (C=O) groups is 1. The SMILES string of the molecule is Cc1ccccc1CC(=O)NC(C)(CN)C1CC1.Cl. The van der Waals surface area contributed by atoms with Gasteiger partial charge in [-0.3, -0.25) is 4.79 Å². The molecule has 1 fully saturated rings. The summed E-state index contributed by atoms with van der Waals surface area (Å²) in [4.78, 5) is 12.1. The maximum atomic E-state index is 12.1. The molecule has 1 aromatic carbocycles. The maximum Gasteiger partial charge on any atom is 0.224 e. The Balaban J connectivity index is 0.00000180. The third-order valence-corrected chi connectivity index (χ3v) is 3.94. The van der Waals surface area contributed by atoms with Crippen LogP contribution in [0.5, 0.6) is 0 Å². The molecule has 4 heteroatoms. The first-order valence-corrected chi connectivity index (χ1v) is 6.61. The molecule has 0 saturated heterocycles. The molecule has 0 aliphatic heterocycles. The van der Waals surface area contributed by atoms with E-state index >= 15 is 0 Å². The largest absolute Gasteiger partial charge is 0.349 e. The number of hydrogen-bond donors (Lipinski definition) is 2. The van der Waals surface area contributed by atoms with Gasteiger partial charge in [0.25, 0.3) is 0 Å². The summed E-state index contributed by atoms with van der Waals surface area (Å²) in [7, 11) is 0. The molecule has 1 amide bonds. The Labute approximate surface area is 121 Å². The lowest BCUT2D eigenvalue weighted by molar-refractivity contribution is -0.122. The fourth-order valence-corrected chi connectivity index (χ4v) is 2.38. The van der Waals surface area contributed by atoms with Gasteiger partial charge in [-0.05, 0) is 43.7 Å². The highest BCUT2D eigenvalue weighted by Crippen LogP contribution is 2.38. The molecule has 3 nitrogen and oxygen atoms in total. The minimum absolute atomic E-state index is 0. The second-order valence-corrected chi connectivity index (χ2v) is 5.55. The molecule has 0 bridgehead atoms. The number of carbonyl (C=O) groups excluding carboxylic acids is 1. The van der Waals surface area contributed by atoms with Crippen LogP contribution in [0.15, 0.2) is 24.3 Å². The number of rotatable bonds is 5. The van der Waals surface area contributed by atoms with E-state index in [0.29, 0.717) is 18.9 Å². The Morgan fingerprint density at radius 2 is 2.05 bits per heavy atom. The van der Waals surface area contributed by atoms with Crippen LogP contribution < -0.4 is 11.1 Å². The average Bonchev–Trinajstić information content (AvgIpc) is 3.16. The Morgan fingerprint density at radius 3 is 2.58 bits per heavy atom. The zero-order valence-corrected chi connectivity index (χ0v) is 12.4. The van der Waals surface area contributed by atoms with Crippen molar-refractivity contribution < 1.29 is 4.79 Å². The lowest BCUT2D eigenvalue weighted by Crippen LogP contribution is -2.53. The van der Waals surface area contributed by atoms with Crippen molar-refractivity contribution in [3.63, 3.8) is 0 Å². The van der Waals surface area contributed by atoms with Crippen LogP contribution in [0, 0.1) is 12.8 Å². The summed E-state index contributed by atoms with van der Waals surface area (Å²) in [5.41, 5.74) is 7.83. The third kappa shape index (κ3) is 3.95. The van der Waals surface area contributed by atoms with Gasteiger partial charge in [-0.25, -0.2) is 0 Å². The fourth-order valence-electron chi connectivity index (χ4n) is 2.38. The lowest BCUT2D eigenvalue weighted by atomic mass is 9.95. The van der Waals surface area contributed by atoms with Crippen LogP contribution in [0.25, 0.3) is 0 Å². The average molecular weight is 283 g/mol. The van der Waals surface area contributed by atoms with Gasteiger partial charge in [0.1, 0.15) is 0 Å². The van der Waals surface area contributed by atoms with Crippen LogP contribution in [-0.4, -0.2) is 18.0 Å². The molecule has 1 atom stereocenters. The molecule has 1 saturated carbocycles. The van der Waals surface area contributed by atoms with Gasteiger partial charge < -0.3 is 11.1 Å². The maximum absolute atomic E-state index is 12.1. The van der Waals surface area contributed by atoms with E-state index in [1.807, 2.05) is 31.2 Å². The van der Waals surface area contributed by atoms with Crippen LogP contribution in [0.1, 0.15) is 30.9 Å². The smallest absolute Gasteiger partial charge is 0.224 e. The molecule has 1 unspecified atom stereocenters. The molecule has 2 rings (SSSR count). The Bertz CT molecular complexity index is 446. The van der Waals surface area contributed by atoms with Gasteiger partial charge in [-0.2, -0.15) is 0 Å². The summed E-state index contributed by atoms with van der Waals surface area (Å²) in [5, 5.41) is 3.12. The Kier molecular flexibility index (Phi) is 5.39. The van der Waals surface area contributed by atoms with E-state index in [-0.39, 0.29) is 23.9 Å². The highest BCUT2D eigenvalue weighted by Gasteiger charge is 2.41. The molecule has 1 aliphatic carbocycles. The van der Waals surface area contributed by atoms with Crippen molar-refractivity contribution in [3.8, 4) is 0 Å². The van der Waals surface area contributed by atoms with Crippen molar-refractivity contribution in [1.29, 1.82) is 0 Å². The molecule has 3 N–H and O–H groups in total. The first-order chi connectivity index (χ1) is 8.55. The van der Waals surface area contributed by atoms with Crippen LogP contribution in [0.4, 0.5) is 0 Å². The highest BCUT2D eigenvalue weighted by molar-refractivity contribution is 5.85. The molecule has 1 aromatic rings. The van der Waals surface area contributed by atoms with Gasteiger partial charge in [0.15, 0.2) is 0 Å². The van der Waals surface area contributed by atoms with Gasteiger partial charge in [0, 0.05) is 6.54 Å². The minimum atomic E-state index is -0.222. The number of amides is 1. The van der Waals surface area contributed by atoms with Crippen LogP contribution in [0.2, 0.25) is 0 Å². The van der Waals surface area contributed by atoms with E-state index in [9.17, 15) is 4.79 Å². The number of hydrogen-bond acceptors (Lipinski definition) is 2. The first kappa shape index (κ1) is 16.0. The molecule has 0 radical (unpaired) electrons. The molecule has 0 heterocycles. The molecule has 0 spiro atoms. The van der Waals surface area contributed by atoms with Crippen LogP contribution >= 0.6 is 12.4 Å². The number of nitrogens with one attached hydrogen (secondary N) is 1. The fraction of sp³-hybridized carbons (Fsp3) is 0.533. The summed E-state index contributed by atoms with van der Waals surface area (Å²) in [6.07, 6.45) is 2.80. The predicted octanol–water partition coefficient (Wildman–Crippen LogP) is 2.20. The lowest BCUT2D eigenvalue weighted by Gasteiger charge is -2.29. The van der Waals surface area contributed by atoms with E-state index in [1.54, 1.807) is 0 Å². The topological polar surface area (TPSA) is 55.1 Å². The summed E-state index contributed by atoms with van der Waals surface area (Å²) >= 11 is 0. The summed E-state index contributed by atoms with van der Waals surface area (Å²) in [5.74, 6) is 0.632. The quantitative estimate of drug-likeness (QED) is 0.870. The van der Waals surface area contributed by atoms with Crippen LogP contribution in [-0.2, 0) is 11.2 Å². The van der Waals surface area contributed by atoms with Gasteiger partial charge >= 0.3 is 0 Å². The number of halogens is 1. The van der Waals surface area contributed by atoms with Crippen molar-refractivity contribution in [2.45, 2.75) is 38.6 Å².